The SMILES string of the molecule is CCOc1cccc(NC(=O)NCCCOCC(C)C)c1. The summed E-state index contributed by atoms with van der Waals surface area (Å²) >= 11 is 0. The van der Waals surface area contributed by atoms with Crippen molar-refractivity contribution in [3.63, 3.8) is 0 Å². The van der Waals surface area contributed by atoms with Crippen LogP contribution in [0, 0.1) is 5.92 Å². The molecule has 5 nitrogen and oxygen atoms in total. The number of carbonyl (C=O) groups is 1. The molecule has 1 aromatic rings. The van der Waals surface area contributed by atoms with Crippen molar-refractivity contribution in [1.29, 1.82) is 0 Å². The van der Waals surface area contributed by atoms with Crippen LogP contribution in [0.4, 0.5) is 10.5 Å². The summed E-state index contributed by atoms with van der Waals surface area (Å²) in [6.45, 7) is 8.77. The first-order valence-corrected chi connectivity index (χ1v) is 7.47. The van der Waals surface area contributed by atoms with Crippen molar-refractivity contribution < 1.29 is 14.3 Å². The van der Waals surface area contributed by atoms with E-state index in [1.807, 2.05) is 25.1 Å². The Morgan fingerprint density at radius 3 is 2.86 bits per heavy atom. The van der Waals surface area contributed by atoms with Crippen LogP contribution in [-0.2, 0) is 4.74 Å². The average molecular weight is 294 g/mol. The fourth-order valence-electron chi connectivity index (χ4n) is 1.70. The highest BCUT2D eigenvalue weighted by molar-refractivity contribution is 5.89. The molecule has 0 atom stereocenters. The largest absolute Gasteiger partial charge is 0.494 e. The number of anilines is 1. The van der Waals surface area contributed by atoms with Crippen LogP contribution in [-0.4, -0.2) is 32.4 Å². The van der Waals surface area contributed by atoms with Gasteiger partial charge in [0.25, 0.3) is 0 Å². The van der Waals surface area contributed by atoms with E-state index in [2.05, 4.69) is 24.5 Å². The number of nitrogens with one attached hydrogen (secondary N) is 2. The van der Waals surface area contributed by atoms with Crippen molar-refractivity contribution in [3.05, 3.63) is 24.3 Å². The van der Waals surface area contributed by atoms with E-state index in [1.165, 1.54) is 0 Å². The van der Waals surface area contributed by atoms with Crippen LogP contribution in [0.15, 0.2) is 24.3 Å². The van der Waals surface area contributed by atoms with Gasteiger partial charge in [0, 0.05) is 31.5 Å². The fraction of sp³-hybridized carbons (Fsp3) is 0.562. The van der Waals surface area contributed by atoms with Gasteiger partial charge in [-0.25, -0.2) is 4.79 Å². The summed E-state index contributed by atoms with van der Waals surface area (Å²) in [4.78, 5) is 11.7. The molecule has 0 unspecified atom stereocenters. The van der Waals surface area contributed by atoms with Crippen LogP contribution in [0.1, 0.15) is 27.2 Å². The third-order valence-electron chi connectivity index (χ3n) is 2.61. The van der Waals surface area contributed by atoms with Gasteiger partial charge in [-0.3, -0.25) is 0 Å². The topological polar surface area (TPSA) is 59.6 Å². The quantitative estimate of drug-likeness (QED) is 0.687. The molecule has 2 amide bonds. The number of amides is 2. The lowest BCUT2D eigenvalue weighted by Crippen LogP contribution is -2.30. The highest BCUT2D eigenvalue weighted by Crippen LogP contribution is 2.16. The van der Waals surface area contributed by atoms with Crippen LogP contribution in [0.2, 0.25) is 0 Å². The maximum absolute atomic E-state index is 11.7. The summed E-state index contributed by atoms with van der Waals surface area (Å²) in [5.41, 5.74) is 0.717. The summed E-state index contributed by atoms with van der Waals surface area (Å²) in [5.74, 6) is 1.29. The molecule has 0 bridgehead atoms. The van der Waals surface area contributed by atoms with Crippen LogP contribution in [0.5, 0.6) is 5.75 Å². The molecule has 2 N–H and O–H groups in total. The molecule has 1 aromatic carbocycles. The molecule has 0 aliphatic rings. The summed E-state index contributed by atoms with van der Waals surface area (Å²) in [5, 5.41) is 5.58. The molecule has 0 aliphatic carbocycles. The molecular weight excluding hydrogens is 268 g/mol. The molecule has 5 heteroatoms. The zero-order chi connectivity index (χ0) is 15.5. The van der Waals surface area contributed by atoms with Gasteiger partial charge in [0.15, 0.2) is 0 Å². The van der Waals surface area contributed by atoms with Gasteiger partial charge in [-0.05, 0) is 31.4 Å². The first-order valence-electron chi connectivity index (χ1n) is 7.47. The number of ether oxygens (including phenoxy) is 2. The summed E-state index contributed by atoms with van der Waals surface area (Å²) in [7, 11) is 0. The average Bonchev–Trinajstić information content (AvgIpc) is 2.43. The summed E-state index contributed by atoms with van der Waals surface area (Å²) in [6, 6.07) is 7.12. The lowest BCUT2D eigenvalue weighted by atomic mass is 10.2. The van der Waals surface area contributed by atoms with E-state index < -0.39 is 0 Å². The number of hydrogen-bond donors (Lipinski definition) is 2. The van der Waals surface area contributed by atoms with Gasteiger partial charge in [-0.2, -0.15) is 0 Å². The van der Waals surface area contributed by atoms with Crippen molar-refractivity contribution in [2.45, 2.75) is 27.2 Å². The molecule has 0 radical (unpaired) electrons. The van der Waals surface area contributed by atoms with Crippen LogP contribution in [0.25, 0.3) is 0 Å². The lowest BCUT2D eigenvalue weighted by molar-refractivity contribution is 0.108. The number of carbonyl (C=O) groups excluding carboxylic acids is 1. The molecule has 21 heavy (non-hydrogen) atoms. The Morgan fingerprint density at radius 2 is 2.14 bits per heavy atom. The highest BCUT2D eigenvalue weighted by Gasteiger charge is 2.02. The molecule has 118 valence electrons. The Hall–Kier alpha value is -1.75. The van der Waals surface area contributed by atoms with E-state index in [4.69, 9.17) is 9.47 Å². The first-order chi connectivity index (χ1) is 10.1. The smallest absolute Gasteiger partial charge is 0.319 e. The minimum absolute atomic E-state index is 0.215. The molecule has 0 aliphatic heterocycles. The van der Waals surface area contributed by atoms with Gasteiger partial charge in [0.2, 0.25) is 0 Å². The zero-order valence-corrected chi connectivity index (χ0v) is 13.1. The van der Waals surface area contributed by atoms with Crippen LogP contribution >= 0.6 is 0 Å². The van der Waals surface area contributed by atoms with Crippen molar-refractivity contribution in [2.75, 3.05) is 31.7 Å². The summed E-state index contributed by atoms with van der Waals surface area (Å²) < 4.78 is 10.8. The molecule has 0 fully saturated rings. The van der Waals surface area contributed by atoms with Crippen molar-refractivity contribution in [2.24, 2.45) is 5.92 Å². The van der Waals surface area contributed by atoms with E-state index in [0.29, 0.717) is 25.7 Å². The Kier molecular flexibility index (Phi) is 8.28. The Labute approximate surface area is 127 Å². The minimum Gasteiger partial charge on any atom is -0.494 e. The van der Waals surface area contributed by atoms with Crippen molar-refractivity contribution in [1.82, 2.24) is 5.32 Å². The van der Waals surface area contributed by atoms with E-state index in [1.54, 1.807) is 6.07 Å². The Morgan fingerprint density at radius 1 is 1.33 bits per heavy atom. The van der Waals surface area contributed by atoms with E-state index in [9.17, 15) is 4.79 Å². The first kappa shape index (κ1) is 17.3. The molecule has 0 spiro atoms. The predicted octanol–water partition coefficient (Wildman–Crippen LogP) is 3.27. The van der Waals surface area contributed by atoms with Gasteiger partial charge in [0.05, 0.1) is 6.61 Å². The van der Waals surface area contributed by atoms with Gasteiger partial charge < -0.3 is 20.1 Å². The summed E-state index contributed by atoms with van der Waals surface area (Å²) in [6.07, 6.45) is 0.805. The van der Waals surface area contributed by atoms with E-state index in [0.717, 1.165) is 24.5 Å². The van der Waals surface area contributed by atoms with Crippen molar-refractivity contribution in [3.8, 4) is 5.75 Å². The Bertz CT molecular complexity index is 422. The molecule has 0 saturated heterocycles. The maximum atomic E-state index is 11.7. The second-order valence-corrected chi connectivity index (χ2v) is 5.16. The van der Waals surface area contributed by atoms with E-state index in [-0.39, 0.29) is 6.03 Å². The standard InChI is InChI=1S/C16H26N2O3/c1-4-21-15-8-5-7-14(11-15)18-16(19)17-9-6-10-20-12-13(2)3/h5,7-8,11,13H,4,6,9-10,12H2,1-3H3,(H2,17,18,19). The zero-order valence-electron chi connectivity index (χ0n) is 13.1. The molecule has 1 rings (SSSR count). The third-order valence-corrected chi connectivity index (χ3v) is 2.61. The number of rotatable bonds is 9. The van der Waals surface area contributed by atoms with Gasteiger partial charge >= 0.3 is 6.03 Å². The second kappa shape index (κ2) is 10.0. The maximum Gasteiger partial charge on any atom is 0.319 e. The van der Waals surface area contributed by atoms with Gasteiger partial charge in [-0.1, -0.05) is 19.9 Å². The third kappa shape index (κ3) is 8.19. The molecule has 0 heterocycles. The molecule has 0 saturated carbocycles. The van der Waals surface area contributed by atoms with Crippen molar-refractivity contribution >= 4 is 11.7 Å². The lowest BCUT2D eigenvalue weighted by Gasteiger charge is -2.10. The van der Waals surface area contributed by atoms with Gasteiger partial charge in [0.1, 0.15) is 5.75 Å². The highest BCUT2D eigenvalue weighted by atomic mass is 16.5. The van der Waals surface area contributed by atoms with Crippen LogP contribution in [0.3, 0.4) is 0 Å². The number of benzene rings is 1. The van der Waals surface area contributed by atoms with Crippen LogP contribution < -0.4 is 15.4 Å². The Balaban J connectivity index is 2.20. The fourth-order valence-corrected chi connectivity index (χ4v) is 1.70. The number of hydrogen-bond acceptors (Lipinski definition) is 3. The molecule has 0 aromatic heterocycles. The minimum atomic E-state index is -0.215. The van der Waals surface area contributed by atoms with Gasteiger partial charge in [-0.15, -0.1) is 0 Å². The molecular formula is C16H26N2O3. The monoisotopic (exact) mass is 294 g/mol. The number of urea groups is 1. The second-order valence-electron chi connectivity index (χ2n) is 5.16. The van der Waals surface area contributed by atoms with E-state index >= 15 is 0 Å². The normalized spacial score (nSPS) is 10.5. The predicted molar refractivity (Wildman–Crippen MR) is 84.9 cm³/mol.